The Morgan fingerprint density at radius 2 is 1.70 bits per heavy atom. The number of carbonyl (C=O) groups excluding carboxylic acids is 1. The molecule has 3 rings (SSSR count). The van der Waals surface area contributed by atoms with Gasteiger partial charge in [0.1, 0.15) is 5.76 Å². The molecule has 0 amide bonds. The van der Waals surface area contributed by atoms with E-state index in [4.69, 9.17) is 4.74 Å². The molecule has 0 bridgehead atoms. The summed E-state index contributed by atoms with van der Waals surface area (Å²) in [6.45, 7) is 0. The summed E-state index contributed by atoms with van der Waals surface area (Å²) < 4.78 is 6.20. The molecule has 0 atom stereocenters. The molecule has 0 spiro atoms. The van der Waals surface area contributed by atoms with Gasteiger partial charge < -0.3 is 4.74 Å². The molecule has 0 aliphatic carbocycles. The molecule has 1 aliphatic rings. The second kappa shape index (κ2) is 6.18. The van der Waals surface area contributed by atoms with Gasteiger partial charge in [-0.25, -0.2) is 4.79 Å². The summed E-state index contributed by atoms with van der Waals surface area (Å²) >= 11 is 3.35. The van der Waals surface area contributed by atoms with Gasteiger partial charge in [0.15, 0.2) is 0 Å². The van der Waals surface area contributed by atoms with Crippen LogP contribution in [-0.4, -0.2) is 10.9 Å². The molecular weight excluding hydrogens is 362 g/mol. The van der Waals surface area contributed by atoms with Gasteiger partial charge in [-0.3, -0.25) is 10.1 Å². The lowest BCUT2D eigenvalue weighted by Gasteiger charge is -2.01. The van der Waals surface area contributed by atoms with E-state index in [0.29, 0.717) is 16.9 Å². The predicted molar refractivity (Wildman–Crippen MR) is 89.3 cm³/mol. The van der Waals surface area contributed by atoms with E-state index in [2.05, 4.69) is 15.9 Å². The number of rotatable bonds is 3. The maximum Gasteiger partial charge on any atom is 0.343 e. The summed E-state index contributed by atoms with van der Waals surface area (Å²) in [6.07, 6.45) is 3.30. The Morgan fingerprint density at radius 3 is 2.30 bits per heavy atom. The van der Waals surface area contributed by atoms with Crippen LogP contribution in [0.15, 0.2) is 64.7 Å². The number of carbonyl (C=O) groups is 1. The van der Waals surface area contributed by atoms with E-state index >= 15 is 0 Å². The van der Waals surface area contributed by atoms with Crippen LogP contribution in [0.3, 0.4) is 0 Å². The quantitative estimate of drug-likeness (QED) is 0.348. The molecule has 0 unspecified atom stereocenters. The lowest BCUT2D eigenvalue weighted by molar-refractivity contribution is -0.384. The van der Waals surface area contributed by atoms with E-state index in [1.165, 1.54) is 12.1 Å². The highest BCUT2D eigenvalue weighted by Crippen LogP contribution is 2.28. The molecule has 2 aromatic rings. The number of esters is 1. The Hall–Kier alpha value is -2.73. The lowest BCUT2D eigenvalue weighted by Crippen LogP contribution is -1.97. The van der Waals surface area contributed by atoms with Crippen LogP contribution in [0.4, 0.5) is 5.69 Å². The molecule has 0 N–H and O–H groups in total. The van der Waals surface area contributed by atoms with Crippen LogP contribution in [0.25, 0.3) is 11.8 Å². The van der Waals surface area contributed by atoms with Crippen molar-refractivity contribution in [3.63, 3.8) is 0 Å². The zero-order valence-corrected chi connectivity index (χ0v) is 13.3. The topological polar surface area (TPSA) is 69.4 Å². The molecule has 6 heteroatoms. The Labute approximate surface area is 140 Å². The van der Waals surface area contributed by atoms with E-state index in [1.807, 2.05) is 24.3 Å². The SMILES string of the molecule is O=C1OC(c2ccc(Br)cc2)=C/C1=C\c1ccc([N+](=O)[O-])cc1. The minimum absolute atomic E-state index is 0.00671. The first-order chi connectivity index (χ1) is 11.0. The molecule has 1 heterocycles. The average Bonchev–Trinajstić information content (AvgIpc) is 2.89. The summed E-state index contributed by atoms with van der Waals surface area (Å²) in [5, 5.41) is 10.6. The van der Waals surface area contributed by atoms with Crippen LogP contribution in [0, 0.1) is 10.1 Å². The summed E-state index contributed by atoms with van der Waals surface area (Å²) in [4.78, 5) is 22.1. The second-order valence-corrected chi connectivity index (χ2v) is 5.77. The number of hydrogen-bond donors (Lipinski definition) is 0. The highest BCUT2D eigenvalue weighted by atomic mass is 79.9. The van der Waals surface area contributed by atoms with Gasteiger partial charge >= 0.3 is 5.97 Å². The summed E-state index contributed by atoms with van der Waals surface area (Å²) in [5.41, 5.74) is 1.90. The minimum Gasteiger partial charge on any atom is -0.422 e. The number of nitrogens with zero attached hydrogens (tertiary/aromatic N) is 1. The number of nitro groups is 1. The first-order valence-electron chi connectivity index (χ1n) is 6.69. The van der Waals surface area contributed by atoms with E-state index in [1.54, 1.807) is 24.3 Å². The van der Waals surface area contributed by atoms with E-state index < -0.39 is 10.9 Å². The lowest BCUT2D eigenvalue weighted by atomic mass is 10.1. The van der Waals surface area contributed by atoms with Crippen molar-refractivity contribution in [3.05, 3.63) is 85.9 Å². The van der Waals surface area contributed by atoms with E-state index in [9.17, 15) is 14.9 Å². The molecule has 23 heavy (non-hydrogen) atoms. The van der Waals surface area contributed by atoms with Crippen molar-refractivity contribution < 1.29 is 14.5 Å². The second-order valence-electron chi connectivity index (χ2n) is 4.85. The van der Waals surface area contributed by atoms with E-state index in [0.717, 1.165) is 10.0 Å². The molecule has 2 aromatic carbocycles. The van der Waals surface area contributed by atoms with Crippen molar-refractivity contribution in [1.82, 2.24) is 0 Å². The normalized spacial score (nSPS) is 15.4. The van der Waals surface area contributed by atoms with Gasteiger partial charge in [-0.1, -0.05) is 28.1 Å². The van der Waals surface area contributed by atoms with Crippen molar-refractivity contribution in [3.8, 4) is 0 Å². The molecule has 5 nitrogen and oxygen atoms in total. The summed E-state index contributed by atoms with van der Waals surface area (Å²) in [6, 6.07) is 13.4. The number of non-ortho nitro benzene ring substituents is 1. The summed E-state index contributed by atoms with van der Waals surface area (Å²) in [5.74, 6) is 0.0388. The van der Waals surface area contributed by atoms with Crippen LogP contribution < -0.4 is 0 Å². The fourth-order valence-electron chi connectivity index (χ4n) is 2.12. The molecule has 0 aromatic heterocycles. The van der Waals surface area contributed by atoms with Crippen molar-refractivity contribution in [2.45, 2.75) is 0 Å². The van der Waals surface area contributed by atoms with Crippen LogP contribution >= 0.6 is 15.9 Å². The van der Waals surface area contributed by atoms with Gasteiger partial charge in [-0.15, -0.1) is 0 Å². The van der Waals surface area contributed by atoms with Gasteiger partial charge in [0, 0.05) is 22.2 Å². The maximum atomic E-state index is 11.9. The smallest absolute Gasteiger partial charge is 0.343 e. The Balaban J connectivity index is 1.88. The highest BCUT2D eigenvalue weighted by Gasteiger charge is 2.21. The number of nitro benzene ring substituents is 1. The average molecular weight is 372 g/mol. The molecular formula is C17H10BrNO4. The molecule has 1 aliphatic heterocycles. The third-order valence-electron chi connectivity index (χ3n) is 3.28. The van der Waals surface area contributed by atoms with Gasteiger partial charge in [0.2, 0.25) is 0 Å². The first kappa shape index (κ1) is 15.2. The fourth-order valence-corrected chi connectivity index (χ4v) is 2.38. The van der Waals surface area contributed by atoms with E-state index in [-0.39, 0.29) is 5.69 Å². The number of ether oxygens (including phenoxy) is 1. The Morgan fingerprint density at radius 1 is 1.04 bits per heavy atom. The summed E-state index contributed by atoms with van der Waals surface area (Å²) in [7, 11) is 0. The number of benzene rings is 2. The largest absolute Gasteiger partial charge is 0.422 e. The minimum atomic E-state index is -0.466. The van der Waals surface area contributed by atoms with Gasteiger partial charge in [0.25, 0.3) is 5.69 Å². The Bertz CT molecular complexity index is 836. The molecule has 0 fully saturated rings. The van der Waals surface area contributed by atoms with Crippen LogP contribution in [0.2, 0.25) is 0 Å². The monoisotopic (exact) mass is 371 g/mol. The molecule has 114 valence electrons. The molecule has 0 radical (unpaired) electrons. The van der Waals surface area contributed by atoms with Crippen molar-refractivity contribution in [2.75, 3.05) is 0 Å². The number of hydrogen-bond acceptors (Lipinski definition) is 4. The molecule has 0 saturated carbocycles. The highest BCUT2D eigenvalue weighted by molar-refractivity contribution is 9.10. The van der Waals surface area contributed by atoms with Gasteiger partial charge in [0.05, 0.1) is 10.5 Å². The fraction of sp³-hybridized carbons (Fsp3) is 0. The predicted octanol–water partition coefficient (Wildman–Crippen LogP) is 4.34. The van der Waals surface area contributed by atoms with Crippen molar-refractivity contribution in [1.29, 1.82) is 0 Å². The van der Waals surface area contributed by atoms with Gasteiger partial charge in [-0.2, -0.15) is 0 Å². The standard InChI is InChI=1S/C17H10BrNO4/c18-14-5-3-12(4-6-14)16-10-13(17(20)23-16)9-11-1-7-15(8-2-11)19(21)22/h1-10H/b13-9+. The first-order valence-corrected chi connectivity index (χ1v) is 7.48. The maximum absolute atomic E-state index is 11.9. The number of cyclic esters (lactones) is 1. The van der Waals surface area contributed by atoms with Crippen LogP contribution in [0.1, 0.15) is 11.1 Å². The van der Waals surface area contributed by atoms with Crippen molar-refractivity contribution >= 4 is 39.4 Å². The van der Waals surface area contributed by atoms with Crippen LogP contribution in [-0.2, 0) is 9.53 Å². The number of halogens is 1. The zero-order chi connectivity index (χ0) is 16.4. The van der Waals surface area contributed by atoms with Crippen LogP contribution in [0.5, 0.6) is 0 Å². The Kier molecular flexibility index (Phi) is 4.08. The third kappa shape index (κ3) is 3.37. The van der Waals surface area contributed by atoms with Gasteiger partial charge in [-0.05, 0) is 42.0 Å². The third-order valence-corrected chi connectivity index (χ3v) is 3.81. The zero-order valence-electron chi connectivity index (χ0n) is 11.7. The molecule has 0 saturated heterocycles. The van der Waals surface area contributed by atoms with Crippen molar-refractivity contribution in [2.24, 2.45) is 0 Å².